The number of hydrogen-bond donors (Lipinski definition) is 1. The third-order valence-electron chi connectivity index (χ3n) is 3.10. The molecule has 1 aliphatic rings. The summed E-state index contributed by atoms with van der Waals surface area (Å²) >= 11 is 3.23. The molecule has 1 atom stereocenters. The molecule has 0 aromatic heterocycles. The number of alkyl halides is 2. The second-order valence-corrected chi connectivity index (χ2v) is 5.53. The number of ether oxygens (including phenoxy) is 1. The van der Waals surface area contributed by atoms with E-state index in [2.05, 4.69) is 25.6 Å². The van der Waals surface area contributed by atoms with Crippen molar-refractivity contribution >= 4 is 15.9 Å². The Morgan fingerprint density at radius 3 is 2.89 bits per heavy atom. The number of hydrogen-bond acceptors (Lipinski definition) is 3. The number of likely N-dealkylation sites (tertiary alicyclic amines) is 1. The first kappa shape index (κ1) is 14.7. The largest absolute Gasteiger partial charge is 0.434 e. The van der Waals surface area contributed by atoms with Crippen LogP contribution in [-0.2, 0) is 6.54 Å². The average molecular weight is 336 g/mol. The molecule has 0 bridgehead atoms. The first-order valence-corrected chi connectivity index (χ1v) is 6.97. The summed E-state index contributed by atoms with van der Waals surface area (Å²) in [5.41, 5.74) is 1.00. The molecule has 2 rings (SSSR count). The Balaban J connectivity index is 1.99. The van der Waals surface area contributed by atoms with Crippen LogP contribution in [0.4, 0.5) is 8.78 Å². The van der Waals surface area contributed by atoms with E-state index in [1.54, 1.807) is 12.1 Å². The van der Waals surface area contributed by atoms with E-state index in [1.165, 1.54) is 6.07 Å². The van der Waals surface area contributed by atoms with Crippen molar-refractivity contribution in [2.45, 2.75) is 32.1 Å². The van der Waals surface area contributed by atoms with Crippen LogP contribution in [-0.4, -0.2) is 35.8 Å². The van der Waals surface area contributed by atoms with Gasteiger partial charge in [-0.3, -0.25) is 4.90 Å². The van der Waals surface area contributed by atoms with Crippen molar-refractivity contribution in [2.75, 3.05) is 13.1 Å². The SMILES string of the molecule is OC1CCCN(Cc2ccc(OC(F)F)c(Br)c2)C1. The fourth-order valence-electron chi connectivity index (χ4n) is 2.27. The first-order valence-electron chi connectivity index (χ1n) is 6.18. The van der Waals surface area contributed by atoms with Crippen molar-refractivity contribution in [3.05, 3.63) is 28.2 Å². The molecule has 1 unspecified atom stereocenters. The van der Waals surface area contributed by atoms with Gasteiger partial charge in [-0.25, -0.2) is 0 Å². The van der Waals surface area contributed by atoms with Crippen LogP contribution in [0.1, 0.15) is 18.4 Å². The van der Waals surface area contributed by atoms with Crippen LogP contribution in [0.5, 0.6) is 5.75 Å². The van der Waals surface area contributed by atoms with Crippen molar-refractivity contribution in [1.82, 2.24) is 4.90 Å². The molecule has 0 saturated carbocycles. The Kier molecular flexibility index (Phi) is 5.13. The Morgan fingerprint density at radius 1 is 1.47 bits per heavy atom. The van der Waals surface area contributed by atoms with E-state index in [4.69, 9.17) is 0 Å². The number of nitrogens with zero attached hydrogens (tertiary/aromatic N) is 1. The number of piperidine rings is 1. The van der Waals surface area contributed by atoms with Crippen LogP contribution in [0, 0.1) is 0 Å². The van der Waals surface area contributed by atoms with Gasteiger partial charge in [-0.05, 0) is 53.0 Å². The molecule has 19 heavy (non-hydrogen) atoms. The van der Waals surface area contributed by atoms with E-state index in [0.717, 1.165) is 24.9 Å². The van der Waals surface area contributed by atoms with Gasteiger partial charge in [-0.1, -0.05) is 6.07 Å². The summed E-state index contributed by atoms with van der Waals surface area (Å²) < 4.78 is 29.2. The van der Waals surface area contributed by atoms with Gasteiger partial charge in [0.15, 0.2) is 0 Å². The number of rotatable bonds is 4. The lowest BCUT2D eigenvalue weighted by Gasteiger charge is -2.30. The Hall–Kier alpha value is -0.720. The summed E-state index contributed by atoms with van der Waals surface area (Å²) in [5, 5.41) is 9.60. The lowest BCUT2D eigenvalue weighted by Crippen LogP contribution is -2.37. The number of aliphatic hydroxyl groups excluding tert-OH is 1. The first-order chi connectivity index (χ1) is 9.04. The molecule has 1 heterocycles. The fourth-order valence-corrected chi connectivity index (χ4v) is 2.79. The van der Waals surface area contributed by atoms with Gasteiger partial charge in [0.05, 0.1) is 10.6 Å². The van der Waals surface area contributed by atoms with Gasteiger partial charge >= 0.3 is 6.61 Å². The van der Waals surface area contributed by atoms with Gasteiger partial charge in [0, 0.05) is 13.1 Å². The van der Waals surface area contributed by atoms with Crippen molar-refractivity contribution in [3.63, 3.8) is 0 Å². The van der Waals surface area contributed by atoms with Crippen LogP contribution in [0.15, 0.2) is 22.7 Å². The van der Waals surface area contributed by atoms with E-state index in [1.807, 2.05) is 0 Å². The third kappa shape index (κ3) is 4.40. The molecule has 1 N–H and O–H groups in total. The summed E-state index contributed by atoms with van der Waals surface area (Å²) in [7, 11) is 0. The zero-order chi connectivity index (χ0) is 13.8. The Morgan fingerprint density at radius 2 is 2.26 bits per heavy atom. The summed E-state index contributed by atoms with van der Waals surface area (Å²) in [5.74, 6) is 0.137. The summed E-state index contributed by atoms with van der Waals surface area (Å²) in [6.45, 7) is -0.513. The van der Waals surface area contributed by atoms with Gasteiger partial charge in [0.2, 0.25) is 0 Å². The molecule has 0 amide bonds. The van der Waals surface area contributed by atoms with Gasteiger partial charge in [0.1, 0.15) is 5.75 Å². The van der Waals surface area contributed by atoms with Crippen molar-refractivity contribution in [3.8, 4) is 5.75 Å². The molecule has 1 fully saturated rings. The molecule has 106 valence electrons. The van der Waals surface area contributed by atoms with E-state index in [9.17, 15) is 13.9 Å². The van der Waals surface area contributed by atoms with Crippen molar-refractivity contribution in [1.29, 1.82) is 0 Å². The standard InChI is InChI=1S/C13H16BrF2NO2/c14-11-6-9(3-4-12(11)19-13(15)16)7-17-5-1-2-10(18)8-17/h3-4,6,10,13,18H,1-2,5,7-8H2. The van der Waals surface area contributed by atoms with Gasteiger partial charge in [-0.2, -0.15) is 8.78 Å². The number of aliphatic hydroxyl groups is 1. The molecule has 1 aliphatic heterocycles. The van der Waals surface area contributed by atoms with Gasteiger partial charge in [-0.15, -0.1) is 0 Å². The maximum Gasteiger partial charge on any atom is 0.387 e. The monoisotopic (exact) mass is 335 g/mol. The topological polar surface area (TPSA) is 32.7 Å². The molecular formula is C13H16BrF2NO2. The van der Waals surface area contributed by atoms with Crippen molar-refractivity contribution < 1.29 is 18.6 Å². The highest BCUT2D eigenvalue weighted by Gasteiger charge is 2.18. The second-order valence-electron chi connectivity index (χ2n) is 4.67. The predicted molar refractivity (Wildman–Crippen MR) is 71.3 cm³/mol. The maximum atomic E-state index is 12.1. The molecule has 1 aromatic rings. The molecule has 6 heteroatoms. The van der Waals surface area contributed by atoms with Crippen LogP contribution < -0.4 is 4.74 Å². The number of β-amino-alcohol motifs (C(OH)–C–C–N with tert-alkyl or cyclic N) is 1. The summed E-state index contributed by atoms with van der Waals surface area (Å²) in [6, 6.07) is 5.08. The van der Waals surface area contributed by atoms with E-state index in [0.29, 0.717) is 17.6 Å². The summed E-state index contributed by atoms with van der Waals surface area (Å²) in [4.78, 5) is 2.16. The molecule has 0 spiro atoms. The zero-order valence-electron chi connectivity index (χ0n) is 10.4. The minimum Gasteiger partial charge on any atom is -0.434 e. The molecule has 1 saturated heterocycles. The normalized spacial score (nSPS) is 20.8. The minimum atomic E-state index is -2.82. The highest BCUT2D eigenvalue weighted by Crippen LogP contribution is 2.28. The number of halogens is 3. The summed E-state index contributed by atoms with van der Waals surface area (Å²) in [6.07, 6.45) is 1.56. The molecule has 0 aliphatic carbocycles. The van der Waals surface area contributed by atoms with Crippen molar-refractivity contribution in [2.24, 2.45) is 0 Å². The van der Waals surface area contributed by atoms with Crippen LogP contribution in [0.25, 0.3) is 0 Å². The van der Waals surface area contributed by atoms with Crippen LogP contribution in [0.3, 0.4) is 0 Å². The highest BCUT2D eigenvalue weighted by molar-refractivity contribution is 9.10. The van der Waals surface area contributed by atoms with Gasteiger partial charge < -0.3 is 9.84 Å². The Bertz CT molecular complexity index is 431. The van der Waals surface area contributed by atoms with Gasteiger partial charge in [0.25, 0.3) is 0 Å². The predicted octanol–water partition coefficient (Wildman–Crippen LogP) is 3.01. The van der Waals surface area contributed by atoms with E-state index in [-0.39, 0.29) is 11.9 Å². The number of benzene rings is 1. The molecule has 3 nitrogen and oxygen atoms in total. The van der Waals surface area contributed by atoms with E-state index < -0.39 is 6.61 Å². The fraction of sp³-hybridized carbons (Fsp3) is 0.538. The highest BCUT2D eigenvalue weighted by atomic mass is 79.9. The molecule has 1 aromatic carbocycles. The second kappa shape index (κ2) is 6.63. The maximum absolute atomic E-state index is 12.1. The lowest BCUT2D eigenvalue weighted by molar-refractivity contribution is -0.0503. The zero-order valence-corrected chi connectivity index (χ0v) is 11.9. The third-order valence-corrected chi connectivity index (χ3v) is 3.72. The average Bonchev–Trinajstić information content (AvgIpc) is 2.32. The van der Waals surface area contributed by atoms with Crippen LogP contribution >= 0.6 is 15.9 Å². The Labute approximate surface area is 119 Å². The van der Waals surface area contributed by atoms with Crippen LogP contribution in [0.2, 0.25) is 0 Å². The smallest absolute Gasteiger partial charge is 0.387 e. The lowest BCUT2D eigenvalue weighted by atomic mass is 10.1. The molecule has 0 radical (unpaired) electrons. The minimum absolute atomic E-state index is 0.137. The molecular weight excluding hydrogens is 320 g/mol. The quantitative estimate of drug-likeness (QED) is 0.918. The van der Waals surface area contributed by atoms with E-state index >= 15 is 0 Å².